The second-order valence-corrected chi connectivity index (χ2v) is 9.06. The fraction of sp³-hybridized carbons (Fsp3) is 0.619. The molecular weight excluding hydrogens is 330 g/mol. The van der Waals surface area contributed by atoms with Crippen LogP contribution in [0.25, 0.3) is 0 Å². The van der Waals surface area contributed by atoms with Crippen LogP contribution in [0.15, 0.2) is 24.3 Å². The molecule has 144 valence electrons. The second-order valence-electron chi connectivity index (χ2n) is 9.06. The third-order valence-electron chi connectivity index (χ3n) is 4.29. The topological polar surface area (TPSA) is 64.6 Å². The Morgan fingerprint density at radius 1 is 1.08 bits per heavy atom. The van der Waals surface area contributed by atoms with Crippen molar-refractivity contribution >= 4 is 12.1 Å². The molecule has 1 aliphatic rings. The van der Waals surface area contributed by atoms with Gasteiger partial charge in [0.15, 0.2) is 0 Å². The minimum Gasteiger partial charge on any atom is -0.460 e. The lowest BCUT2D eigenvalue weighted by Crippen LogP contribution is -2.42. The molecule has 0 aromatic heterocycles. The lowest BCUT2D eigenvalue weighted by Gasteiger charge is -2.21. The molecule has 1 aromatic carbocycles. The maximum Gasteiger partial charge on any atom is 0.408 e. The molecule has 1 fully saturated rings. The zero-order chi connectivity index (χ0) is 19.7. The summed E-state index contributed by atoms with van der Waals surface area (Å²) in [5.74, 6) is -0.198. The summed E-state index contributed by atoms with van der Waals surface area (Å²) in [6.07, 6.45) is 0.0812. The van der Waals surface area contributed by atoms with Gasteiger partial charge in [-0.25, -0.2) is 9.59 Å². The average Bonchev–Trinajstić information content (AvgIpc) is 3.23. The smallest absolute Gasteiger partial charge is 0.408 e. The molecule has 5 heteroatoms. The number of nitrogens with one attached hydrogen (secondary N) is 1. The summed E-state index contributed by atoms with van der Waals surface area (Å²) in [6.45, 7) is 13.5. The molecule has 0 saturated heterocycles. The van der Waals surface area contributed by atoms with Crippen LogP contribution in [-0.4, -0.2) is 29.8 Å². The van der Waals surface area contributed by atoms with E-state index in [1.807, 2.05) is 0 Å². The van der Waals surface area contributed by atoms with Crippen LogP contribution in [0.5, 0.6) is 0 Å². The van der Waals surface area contributed by atoms with Crippen molar-refractivity contribution in [3.05, 3.63) is 35.4 Å². The molecule has 0 bridgehead atoms. The Morgan fingerprint density at radius 2 is 1.65 bits per heavy atom. The van der Waals surface area contributed by atoms with Crippen molar-refractivity contribution in [1.29, 1.82) is 0 Å². The van der Waals surface area contributed by atoms with Crippen molar-refractivity contribution < 1.29 is 19.1 Å². The Labute approximate surface area is 156 Å². The average molecular weight is 361 g/mol. The summed E-state index contributed by atoms with van der Waals surface area (Å²) in [7, 11) is 0. The number of benzene rings is 1. The Morgan fingerprint density at radius 3 is 2.15 bits per heavy atom. The molecule has 1 saturated carbocycles. The van der Waals surface area contributed by atoms with Gasteiger partial charge in [0, 0.05) is 5.92 Å². The minimum atomic E-state index is -0.741. The van der Waals surface area contributed by atoms with E-state index in [2.05, 4.69) is 50.4 Å². The summed E-state index contributed by atoms with van der Waals surface area (Å²) in [5.41, 5.74) is 1.99. The van der Waals surface area contributed by atoms with Crippen molar-refractivity contribution in [1.82, 2.24) is 5.32 Å². The first-order valence-corrected chi connectivity index (χ1v) is 9.17. The molecule has 2 unspecified atom stereocenters. The Hall–Kier alpha value is -2.04. The quantitative estimate of drug-likeness (QED) is 0.812. The van der Waals surface area contributed by atoms with Crippen LogP contribution in [0.4, 0.5) is 4.79 Å². The third-order valence-corrected chi connectivity index (χ3v) is 4.29. The molecule has 26 heavy (non-hydrogen) atoms. The van der Waals surface area contributed by atoms with Gasteiger partial charge in [-0.1, -0.05) is 45.0 Å². The van der Waals surface area contributed by atoms with Gasteiger partial charge in [0.2, 0.25) is 0 Å². The van der Waals surface area contributed by atoms with Crippen LogP contribution >= 0.6 is 0 Å². The monoisotopic (exact) mass is 361 g/mol. The van der Waals surface area contributed by atoms with Crippen LogP contribution in [0.3, 0.4) is 0 Å². The predicted molar refractivity (Wildman–Crippen MR) is 101 cm³/mol. The molecule has 0 spiro atoms. The number of alkyl carbamates (subject to hydrolysis) is 1. The molecule has 1 N–H and O–H groups in total. The van der Waals surface area contributed by atoms with E-state index in [1.165, 1.54) is 11.1 Å². The number of carbonyl (C=O) groups excluding carboxylic acids is 2. The van der Waals surface area contributed by atoms with Gasteiger partial charge >= 0.3 is 12.1 Å². The van der Waals surface area contributed by atoms with Gasteiger partial charge in [-0.05, 0) is 50.7 Å². The van der Waals surface area contributed by atoms with Crippen LogP contribution in [0.1, 0.15) is 71.9 Å². The lowest BCUT2D eigenvalue weighted by molar-refractivity contribution is -0.147. The first-order chi connectivity index (χ1) is 11.9. The SMILES string of the molecule is C[C@H](NC(=O)OC(C)(C)C)C(=O)OC1CC1c1ccc(C(C)(C)C)cc1. The van der Waals surface area contributed by atoms with Crippen LogP contribution in [0.2, 0.25) is 0 Å². The van der Waals surface area contributed by atoms with E-state index >= 15 is 0 Å². The van der Waals surface area contributed by atoms with E-state index < -0.39 is 23.7 Å². The predicted octanol–water partition coefficient (Wildman–Crippen LogP) is 4.30. The number of esters is 1. The Bertz CT molecular complexity index is 652. The zero-order valence-corrected chi connectivity index (χ0v) is 16.9. The third kappa shape index (κ3) is 5.75. The summed E-state index contributed by atoms with van der Waals surface area (Å²) >= 11 is 0. The van der Waals surface area contributed by atoms with Crippen molar-refractivity contribution in [2.45, 2.75) is 84.0 Å². The number of hydrogen-bond donors (Lipinski definition) is 1. The zero-order valence-electron chi connectivity index (χ0n) is 16.9. The first kappa shape index (κ1) is 20.3. The molecule has 5 nitrogen and oxygen atoms in total. The maximum absolute atomic E-state index is 12.2. The van der Waals surface area contributed by atoms with Gasteiger partial charge in [0.25, 0.3) is 0 Å². The molecule has 1 aromatic rings. The van der Waals surface area contributed by atoms with Crippen LogP contribution < -0.4 is 5.32 Å². The van der Waals surface area contributed by atoms with Gasteiger partial charge in [0.1, 0.15) is 17.7 Å². The second kappa shape index (κ2) is 7.29. The fourth-order valence-electron chi connectivity index (χ4n) is 2.68. The highest BCUT2D eigenvalue weighted by Crippen LogP contribution is 2.43. The number of ether oxygens (including phenoxy) is 2. The minimum absolute atomic E-state index is 0.120. The van der Waals surface area contributed by atoms with Crippen molar-refractivity contribution in [3.63, 3.8) is 0 Å². The number of amides is 1. The van der Waals surface area contributed by atoms with Gasteiger partial charge in [-0.2, -0.15) is 0 Å². The van der Waals surface area contributed by atoms with Gasteiger partial charge < -0.3 is 14.8 Å². The molecule has 0 aliphatic heterocycles. The molecule has 3 atom stereocenters. The summed E-state index contributed by atoms with van der Waals surface area (Å²) in [4.78, 5) is 23.9. The number of hydrogen-bond acceptors (Lipinski definition) is 4. The molecule has 1 aliphatic carbocycles. The van der Waals surface area contributed by atoms with Gasteiger partial charge in [0.05, 0.1) is 0 Å². The van der Waals surface area contributed by atoms with Crippen LogP contribution in [0, 0.1) is 0 Å². The standard InChI is InChI=1S/C21H31NO4/c1-13(22-19(24)26-21(5,6)7)18(23)25-17-12-16(17)14-8-10-15(11-9-14)20(2,3)4/h8-11,13,16-17H,12H2,1-7H3,(H,22,24)/t13-,16?,17?/m0/s1. The fourth-order valence-corrected chi connectivity index (χ4v) is 2.68. The highest BCUT2D eigenvalue weighted by molar-refractivity contribution is 5.81. The van der Waals surface area contributed by atoms with Crippen LogP contribution in [-0.2, 0) is 19.7 Å². The van der Waals surface area contributed by atoms with E-state index in [-0.39, 0.29) is 17.4 Å². The van der Waals surface area contributed by atoms with E-state index in [0.717, 1.165) is 6.42 Å². The summed E-state index contributed by atoms with van der Waals surface area (Å²) < 4.78 is 10.7. The van der Waals surface area contributed by atoms with Crippen molar-refractivity contribution in [3.8, 4) is 0 Å². The molecule has 1 amide bonds. The normalized spacial score (nSPS) is 20.9. The summed E-state index contributed by atoms with van der Waals surface area (Å²) in [5, 5.41) is 2.51. The Kier molecular flexibility index (Phi) is 5.69. The molecule has 0 radical (unpaired) electrons. The van der Waals surface area contributed by atoms with E-state index in [4.69, 9.17) is 9.47 Å². The highest BCUT2D eigenvalue weighted by Gasteiger charge is 2.42. The maximum atomic E-state index is 12.2. The van der Waals surface area contributed by atoms with Gasteiger partial charge in [-0.15, -0.1) is 0 Å². The van der Waals surface area contributed by atoms with E-state index in [9.17, 15) is 9.59 Å². The van der Waals surface area contributed by atoms with Crippen molar-refractivity contribution in [2.24, 2.45) is 0 Å². The number of carbonyl (C=O) groups is 2. The first-order valence-electron chi connectivity index (χ1n) is 9.17. The highest BCUT2D eigenvalue weighted by atomic mass is 16.6. The molecule has 0 heterocycles. The molecule has 2 rings (SSSR count). The molecular formula is C21H31NO4. The summed E-state index contributed by atoms with van der Waals surface area (Å²) in [6, 6.07) is 7.76. The van der Waals surface area contributed by atoms with E-state index in [0.29, 0.717) is 0 Å². The lowest BCUT2D eigenvalue weighted by atomic mass is 9.86. The van der Waals surface area contributed by atoms with Crippen molar-refractivity contribution in [2.75, 3.05) is 0 Å². The largest absolute Gasteiger partial charge is 0.460 e. The van der Waals surface area contributed by atoms with E-state index in [1.54, 1.807) is 27.7 Å². The van der Waals surface area contributed by atoms with Gasteiger partial charge in [-0.3, -0.25) is 0 Å². The number of rotatable bonds is 4. The Balaban J connectivity index is 1.83.